The third-order valence-corrected chi connectivity index (χ3v) is 5.67. The highest BCUT2D eigenvalue weighted by molar-refractivity contribution is 7.23. The van der Waals surface area contributed by atoms with Gasteiger partial charge in [-0.2, -0.15) is 0 Å². The first-order valence-electron chi connectivity index (χ1n) is 7.90. The predicted molar refractivity (Wildman–Crippen MR) is 106 cm³/mol. The first kappa shape index (κ1) is 16.7. The third-order valence-electron chi connectivity index (χ3n) is 4.35. The van der Waals surface area contributed by atoms with Crippen LogP contribution in [0, 0.1) is 6.92 Å². The molecule has 0 saturated heterocycles. The van der Waals surface area contributed by atoms with Crippen LogP contribution in [0.1, 0.15) is 5.56 Å². The molecule has 0 spiro atoms. The molecule has 4 aromatic rings. The van der Waals surface area contributed by atoms with Gasteiger partial charge in [-0.3, -0.25) is 4.79 Å². The second-order valence-electron chi connectivity index (χ2n) is 6.00. The summed E-state index contributed by atoms with van der Waals surface area (Å²) >= 11 is 7.60. The summed E-state index contributed by atoms with van der Waals surface area (Å²) < 4.78 is 0.430. The monoisotopic (exact) mass is 383 g/mol. The third kappa shape index (κ3) is 2.57. The standard InChI is InChI=1S/C20H14ClNO3S/c1-10-7-8-12(9-13(10)23)14-16-17(24)15(11-5-3-2-4-6-11)19(25)22-20(16)26-18(14)21/h2-9,23H,1H3,(H2,22,24,25). The molecule has 0 saturated carbocycles. The molecule has 0 unspecified atom stereocenters. The van der Waals surface area contributed by atoms with Crippen LogP contribution in [0.25, 0.3) is 32.5 Å². The van der Waals surface area contributed by atoms with E-state index in [0.29, 0.717) is 31.2 Å². The lowest BCUT2D eigenvalue weighted by molar-refractivity contribution is 0.471. The van der Waals surface area contributed by atoms with Crippen molar-refractivity contribution >= 4 is 33.2 Å². The normalized spacial score (nSPS) is 11.2. The number of fused-ring (bicyclic) bond motifs is 1. The van der Waals surface area contributed by atoms with E-state index in [1.807, 2.05) is 12.1 Å². The number of nitrogens with one attached hydrogen (secondary N) is 1. The average molecular weight is 384 g/mol. The molecule has 0 amide bonds. The van der Waals surface area contributed by atoms with Gasteiger partial charge in [0, 0.05) is 5.56 Å². The summed E-state index contributed by atoms with van der Waals surface area (Å²) in [5.41, 5.74) is 2.45. The number of aromatic hydroxyl groups is 2. The van der Waals surface area contributed by atoms with E-state index < -0.39 is 0 Å². The summed E-state index contributed by atoms with van der Waals surface area (Å²) in [5.74, 6) is 0.0262. The number of hydrogen-bond donors (Lipinski definition) is 3. The zero-order chi connectivity index (χ0) is 18.4. The zero-order valence-electron chi connectivity index (χ0n) is 13.7. The summed E-state index contributed by atoms with van der Waals surface area (Å²) in [4.78, 5) is 15.8. The molecule has 6 heteroatoms. The quantitative estimate of drug-likeness (QED) is 0.440. The van der Waals surface area contributed by atoms with Gasteiger partial charge in [0.2, 0.25) is 0 Å². The molecule has 26 heavy (non-hydrogen) atoms. The Morgan fingerprint density at radius 1 is 1.00 bits per heavy atom. The van der Waals surface area contributed by atoms with Crippen LogP contribution in [-0.4, -0.2) is 15.2 Å². The number of halogens is 1. The zero-order valence-corrected chi connectivity index (χ0v) is 15.3. The number of aromatic amines is 1. The Kier molecular flexibility index (Phi) is 3.98. The molecular weight excluding hydrogens is 370 g/mol. The van der Waals surface area contributed by atoms with Crippen molar-refractivity contribution in [3.8, 4) is 33.8 Å². The molecule has 0 atom stereocenters. The molecule has 0 aliphatic heterocycles. The van der Waals surface area contributed by atoms with Crippen molar-refractivity contribution in [1.82, 2.24) is 4.98 Å². The molecule has 130 valence electrons. The minimum atomic E-state index is -0.377. The number of benzene rings is 2. The Labute approximate surface area is 158 Å². The van der Waals surface area contributed by atoms with Crippen LogP contribution in [0.4, 0.5) is 0 Å². The number of rotatable bonds is 2. The number of phenols is 1. The number of phenolic OH excluding ortho intramolecular Hbond substituents is 1. The van der Waals surface area contributed by atoms with Crippen molar-refractivity contribution in [3.05, 3.63) is 68.8 Å². The van der Waals surface area contributed by atoms with Crippen LogP contribution in [-0.2, 0) is 0 Å². The summed E-state index contributed by atoms with van der Waals surface area (Å²) in [6.45, 7) is 1.80. The van der Waals surface area contributed by atoms with Gasteiger partial charge in [-0.1, -0.05) is 54.1 Å². The lowest BCUT2D eigenvalue weighted by Crippen LogP contribution is -2.08. The fourth-order valence-electron chi connectivity index (χ4n) is 3.01. The van der Waals surface area contributed by atoms with Crippen LogP contribution in [0.3, 0.4) is 0 Å². The molecule has 2 aromatic carbocycles. The molecule has 4 nitrogen and oxygen atoms in total. The van der Waals surface area contributed by atoms with E-state index in [0.717, 1.165) is 5.56 Å². The maximum absolute atomic E-state index is 12.5. The molecule has 2 aromatic heterocycles. The highest BCUT2D eigenvalue weighted by atomic mass is 35.5. The molecule has 0 radical (unpaired) electrons. The SMILES string of the molecule is Cc1ccc(-c2c(Cl)sc3[nH]c(=O)c(-c4ccccc4)c(O)c23)cc1O. The summed E-state index contributed by atoms with van der Waals surface area (Å²) in [5, 5.41) is 21.5. The van der Waals surface area contributed by atoms with E-state index in [9.17, 15) is 15.0 Å². The van der Waals surface area contributed by atoms with Crippen molar-refractivity contribution in [1.29, 1.82) is 0 Å². The Balaban J connectivity index is 2.08. The molecule has 0 aliphatic carbocycles. The first-order chi connectivity index (χ1) is 12.5. The predicted octanol–water partition coefficient (Wildman–Crippen LogP) is 5.30. The Morgan fingerprint density at radius 2 is 1.73 bits per heavy atom. The van der Waals surface area contributed by atoms with Gasteiger partial charge in [0.1, 0.15) is 20.7 Å². The highest BCUT2D eigenvalue weighted by Gasteiger charge is 2.22. The lowest BCUT2D eigenvalue weighted by Gasteiger charge is -2.08. The van der Waals surface area contributed by atoms with Crippen LogP contribution < -0.4 is 5.56 Å². The van der Waals surface area contributed by atoms with Crippen LogP contribution >= 0.6 is 22.9 Å². The van der Waals surface area contributed by atoms with Gasteiger partial charge in [-0.05, 0) is 29.7 Å². The van der Waals surface area contributed by atoms with E-state index in [1.54, 1.807) is 43.3 Å². The van der Waals surface area contributed by atoms with Crippen molar-refractivity contribution in [2.75, 3.05) is 0 Å². The number of aromatic nitrogens is 1. The minimum absolute atomic E-state index is 0.117. The van der Waals surface area contributed by atoms with Gasteiger partial charge in [-0.15, -0.1) is 11.3 Å². The Morgan fingerprint density at radius 3 is 2.42 bits per heavy atom. The Hall–Kier alpha value is -2.76. The maximum atomic E-state index is 12.5. The van der Waals surface area contributed by atoms with Gasteiger partial charge in [0.25, 0.3) is 5.56 Å². The molecule has 4 rings (SSSR count). The van der Waals surface area contributed by atoms with Crippen LogP contribution in [0.15, 0.2) is 53.3 Å². The fraction of sp³-hybridized carbons (Fsp3) is 0.0500. The number of thiophene rings is 1. The van der Waals surface area contributed by atoms with Crippen LogP contribution in [0.2, 0.25) is 4.34 Å². The number of H-pyrrole nitrogens is 1. The topological polar surface area (TPSA) is 73.3 Å². The second-order valence-corrected chi connectivity index (χ2v) is 7.62. The lowest BCUT2D eigenvalue weighted by atomic mass is 9.99. The van der Waals surface area contributed by atoms with E-state index in [4.69, 9.17) is 11.6 Å². The molecule has 0 aliphatic rings. The van der Waals surface area contributed by atoms with E-state index in [-0.39, 0.29) is 22.6 Å². The van der Waals surface area contributed by atoms with Crippen LogP contribution in [0.5, 0.6) is 11.5 Å². The first-order valence-corrected chi connectivity index (χ1v) is 9.09. The van der Waals surface area contributed by atoms with E-state index in [2.05, 4.69) is 4.98 Å². The molecular formula is C20H14ClNO3S. The maximum Gasteiger partial charge on any atom is 0.260 e. The summed E-state index contributed by atoms with van der Waals surface area (Å²) in [7, 11) is 0. The second kappa shape index (κ2) is 6.20. The smallest absolute Gasteiger partial charge is 0.260 e. The molecule has 0 fully saturated rings. The summed E-state index contributed by atoms with van der Waals surface area (Å²) in [6, 6.07) is 14.2. The van der Waals surface area contributed by atoms with Crippen molar-refractivity contribution in [2.24, 2.45) is 0 Å². The van der Waals surface area contributed by atoms with Crippen molar-refractivity contribution in [3.63, 3.8) is 0 Å². The Bertz CT molecular complexity index is 1200. The summed E-state index contributed by atoms with van der Waals surface area (Å²) in [6.07, 6.45) is 0. The van der Waals surface area contributed by atoms with Gasteiger partial charge in [-0.25, -0.2) is 0 Å². The largest absolute Gasteiger partial charge is 0.508 e. The number of pyridine rings is 1. The van der Waals surface area contributed by atoms with Gasteiger partial charge >= 0.3 is 0 Å². The fourth-order valence-corrected chi connectivity index (χ4v) is 4.39. The molecule has 0 bridgehead atoms. The molecule has 2 heterocycles. The van der Waals surface area contributed by atoms with Gasteiger partial charge in [0.05, 0.1) is 10.9 Å². The average Bonchev–Trinajstić information content (AvgIpc) is 2.94. The minimum Gasteiger partial charge on any atom is -0.508 e. The highest BCUT2D eigenvalue weighted by Crippen LogP contribution is 2.47. The van der Waals surface area contributed by atoms with Gasteiger partial charge in [0.15, 0.2) is 0 Å². The van der Waals surface area contributed by atoms with E-state index >= 15 is 0 Å². The number of aryl methyl sites for hydroxylation is 1. The van der Waals surface area contributed by atoms with Gasteiger partial charge < -0.3 is 15.2 Å². The van der Waals surface area contributed by atoms with Crippen molar-refractivity contribution < 1.29 is 10.2 Å². The van der Waals surface area contributed by atoms with Crippen molar-refractivity contribution in [2.45, 2.75) is 6.92 Å². The molecule has 3 N–H and O–H groups in total. The number of hydrogen-bond acceptors (Lipinski definition) is 4. The van der Waals surface area contributed by atoms with E-state index in [1.165, 1.54) is 11.3 Å².